The number of carbonyl (C=O) groups is 1. The molecule has 1 heterocycles. The third kappa shape index (κ3) is 5.97. The summed E-state index contributed by atoms with van der Waals surface area (Å²) < 4.78 is 5.45. The Morgan fingerprint density at radius 3 is 2.73 bits per heavy atom. The van der Waals surface area contributed by atoms with Crippen LogP contribution in [0.5, 0.6) is 5.75 Å². The molecule has 2 N–H and O–H groups in total. The maximum absolute atomic E-state index is 11.6. The molecule has 0 bridgehead atoms. The molecule has 0 aliphatic heterocycles. The monoisotopic (exact) mass is 320 g/mol. The maximum Gasteiger partial charge on any atom is 0.223 e. The summed E-state index contributed by atoms with van der Waals surface area (Å²) in [6.07, 6.45) is 5.14. The molecule has 1 amide bonds. The van der Waals surface area contributed by atoms with E-state index in [0.717, 1.165) is 0 Å². The number of anilines is 1. The summed E-state index contributed by atoms with van der Waals surface area (Å²) >= 11 is 5.78. The molecule has 0 aliphatic rings. The average Bonchev–Trinajstić information content (AvgIpc) is 2.54. The van der Waals surface area contributed by atoms with Crippen molar-refractivity contribution in [3.8, 4) is 5.75 Å². The highest BCUT2D eigenvalue weighted by Gasteiger charge is 2.01. The van der Waals surface area contributed by atoms with Crippen molar-refractivity contribution < 1.29 is 9.53 Å². The number of benzene rings is 1. The number of hydrogen-bond donors (Lipinski definition) is 2. The molecule has 0 aliphatic carbocycles. The van der Waals surface area contributed by atoms with Gasteiger partial charge in [-0.1, -0.05) is 11.6 Å². The lowest BCUT2D eigenvalue weighted by Crippen LogP contribution is -2.29. The fourth-order valence-corrected chi connectivity index (χ4v) is 1.79. The van der Waals surface area contributed by atoms with E-state index in [4.69, 9.17) is 16.3 Å². The number of ether oxygens (including phenoxy) is 1. The van der Waals surface area contributed by atoms with Gasteiger partial charge in [-0.2, -0.15) is 0 Å². The van der Waals surface area contributed by atoms with E-state index in [1.807, 2.05) is 0 Å². The Balaban J connectivity index is 1.55. The molecule has 0 atom stereocenters. The first-order valence-electron chi connectivity index (χ1n) is 6.89. The summed E-state index contributed by atoms with van der Waals surface area (Å²) in [5.74, 6) is 1.32. The predicted octanol–water partition coefficient (Wildman–Crippen LogP) is 2.13. The van der Waals surface area contributed by atoms with Gasteiger partial charge in [-0.25, -0.2) is 4.98 Å². The lowest BCUT2D eigenvalue weighted by Gasteiger charge is -2.08. The number of aromatic nitrogens is 2. The van der Waals surface area contributed by atoms with E-state index in [9.17, 15) is 4.79 Å². The fraction of sp³-hybridized carbons (Fsp3) is 0.267. The van der Waals surface area contributed by atoms with Gasteiger partial charge in [0.1, 0.15) is 11.6 Å². The number of nitrogens with one attached hydrogen (secondary N) is 2. The zero-order valence-corrected chi connectivity index (χ0v) is 12.7. The first-order valence-corrected chi connectivity index (χ1v) is 7.27. The molecule has 22 heavy (non-hydrogen) atoms. The van der Waals surface area contributed by atoms with E-state index < -0.39 is 0 Å². The largest absolute Gasteiger partial charge is 0.493 e. The normalized spacial score (nSPS) is 10.0. The van der Waals surface area contributed by atoms with Crippen LogP contribution in [0.25, 0.3) is 0 Å². The molecule has 0 spiro atoms. The molecule has 0 unspecified atom stereocenters. The van der Waals surface area contributed by atoms with Gasteiger partial charge in [0.05, 0.1) is 19.2 Å². The highest BCUT2D eigenvalue weighted by atomic mass is 35.5. The molecule has 7 heteroatoms. The summed E-state index contributed by atoms with van der Waals surface area (Å²) in [5.41, 5.74) is 0. The topological polar surface area (TPSA) is 76.1 Å². The number of rotatable bonds is 8. The van der Waals surface area contributed by atoms with Crippen molar-refractivity contribution in [2.45, 2.75) is 6.42 Å². The molecular weight excluding hydrogens is 304 g/mol. The van der Waals surface area contributed by atoms with Gasteiger partial charge in [0.2, 0.25) is 5.91 Å². The number of hydrogen-bond acceptors (Lipinski definition) is 5. The molecule has 2 aromatic rings. The molecule has 2 rings (SSSR count). The zero-order valence-electron chi connectivity index (χ0n) is 12.0. The smallest absolute Gasteiger partial charge is 0.223 e. The first kappa shape index (κ1) is 16.0. The quantitative estimate of drug-likeness (QED) is 0.729. The second kappa shape index (κ2) is 8.84. The minimum Gasteiger partial charge on any atom is -0.493 e. The SMILES string of the molecule is O=C(CCOc1ccc(Cl)cc1)NCCNc1cnccn1. The molecule has 0 fully saturated rings. The van der Waals surface area contributed by atoms with E-state index in [1.165, 1.54) is 0 Å². The van der Waals surface area contributed by atoms with E-state index in [2.05, 4.69) is 20.6 Å². The summed E-state index contributed by atoms with van der Waals surface area (Å²) in [4.78, 5) is 19.6. The lowest BCUT2D eigenvalue weighted by atomic mass is 10.3. The van der Waals surface area contributed by atoms with Crippen LogP contribution in [0.1, 0.15) is 6.42 Å². The first-order chi connectivity index (χ1) is 10.7. The minimum atomic E-state index is -0.0603. The number of amides is 1. The van der Waals surface area contributed by atoms with Crippen LogP contribution in [0, 0.1) is 0 Å². The summed E-state index contributed by atoms with van der Waals surface area (Å²) in [6.45, 7) is 1.42. The Kier molecular flexibility index (Phi) is 6.44. The lowest BCUT2D eigenvalue weighted by molar-refractivity contribution is -0.121. The summed E-state index contributed by atoms with van der Waals surface area (Å²) in [5, 5.41) is 6.51. The van der Waals surface area contributed by atoms with Crippen LogP contribution in [0.15, 0.2) is 42.9 Å². The van der Waals surface area contributed by atoms with Crippen LogP contribution in [0.4, 0.5) is 5.82 Å². The Labute approximate surface area is 133 Å². The standard InChI is InChI=1S/C15H17ClN4O2/c16-12-1-3-13(4-2-12)22-10-5-15(21)20-9-8-19-14-11-17-6-7-18-14/h1-4,6-7,11H,5,8-10H2,(H,18,19)(H,20,21). The van der Waals surface area contributed by atoms with E-state index >= 15 is 0 Å². The molecule has 116 valence electrons. The number of halogens is 1. The molecule has 1 aromatic heterocycles. The van der Waals surface area contributed by atoms with E-state index in [0.29, 0.717) is 42.7 Å². The summed E-state index contributed by atoms with van der Waals surface area (Å²) in [7, 11) is 0. The fourth-order valence-electron chi connectivity index (χ4n) is 1.66. The molecule has 6 nitrogen and oxygen atoms in total. The number of carbonyl (C=O) groups excluding carboxylic acids is 1. The van der Waals surface area contributed by atoms with Gasteiger partial charge < -0.3 is 15.4 Å². The van der Waals surface area contributed by atoms with Crippen molar-refractivity contribution in [1.82, 2.24) is 15.3 Å². The Morgan fingerprint density at radius 2 is 2.00 bits per heavy atom. The van der Waals surface area contributed by atoms with Crippen molar-refractivity contribution in [3.05, 3.63) is 47.9 Å². The van der Waals surface area contributed by atoms with Gasteiger partial charge in [0, 0.05) is 30.5 Å². The molecular formula is C15H17ClN4O2. The van der Waals surface area contributed by atoms with Crippen LogP contribution in [0.2, 0.25) is 5.02 Å². The van der Waals surface area contributed by atoms with Crippen molar-refractivity contribution in [2.75, 3.05) is 25.0 Å². The van der Waals surface area contributed by atoms with Gasteiger partial charge in [-0.3, -0.25) is 9.78 Å². The van der Waals surface area contributed by atoms with Crippen molar-refractivity contribution in [2.24, 2.45) is 0 Å². The second-order valence-corrected chi connectivity index (χ2v) is 4.86. The Hall–Kier alpha value is -2.34. The van der Waals surface area contributed by atoms with E-state index in [1.54, 1.807) is 42.9 Å². The molecule has 0 radical (unpaired) electrons. The van der Waals surface area contributed by atoms with Crippen molar-refractivity contribution in [1.29, 1.82) is 0 Å². The molecule has 0 saturated heterocycles. The molecule has 0 saturated carbocycles. The van der Waals surface area contributed by atoms with Gasteiger partial charge in [-0.05, 0) is 24.3 Å². The van der Waals surface area contributed by atoms with Gasteiger partial charge in [-0.15, -0.1) is 0 Å². The average molecular weight is 321 g/mol. The number of nitrogens with zero attached hydrogens (tertiary/aromatic N) is 2. The second-order valence-electron chi connectivity index (χ2n) is 4.42. The third-order valence-corrected chi connectivity index (χ3v) is 2.98. The van der Waals surface area contributed by atoms with Crippen LogP contribution >= 0.6 is 11.6 Å². The highest BCUT2D eigenvalue weighted by molar-refractivity contribution is 6.30. The van der Waals surface area contributed by atoms with Gasteiger partial charge >= 0.3 is 0 Å². The molecule has 1 aromatic carbocycles. The highest BCUT2D eigenvalue weighted by Crippen LogP contribution is 2.15. The van der Waals surface area contributed by atoms with Crippen LogP contribution < -0.4 is 15.4 Å². The predicted molar refractivity (Wildman–Crippen MR) is 85.1 cm³/mol. The minimum absolute atomic E-state index is 0.0603. The van der Waals surface area contributed by atoms with E-state index in [-0.39, 0.29) is 5.91 Å². The van der Waals surface area contributed by atoms with Gasteiger partial charge in [0.25, 0.3) is 0 Å². The van der Waals surface area contributed by atoms with Crippen LogP contribution in [-0.4, -0.2) is 35.6 Å². The van der Waals surface area contributed by atoms with Crippen molar-refractivity contribution >= 4 is 23.3 Å². The van der Waals surface area contributed by atoms with Gasteiger partial charge in [0.15, 0.2) is 0 Å². The third-order valence-electron chi connectivity index (χ3n) is 2.73. The maximum atomic E-state index is 11.6. The van der Waals surface area contributed by atoms with Crippen LogP contribution in [-0.2, 0) is 4.79 Å². The Morgan fingerprint density at radius 1 is 1.18 bits per heavy atom. The zero-order chi connectivity index (χ0) is 15.6. The van der Waals surface area contributed by atoms with Crippen molar-refractivity contribution in [3.63, 3.8) is 0 Å². The van der Waals surface area contributed by atoms with Crippen LogP contribution in [0.3, 0.4) is 0 Å². The Bertz CT molecular complexity index is 578. The summed E-state index contributed by atoms with van der Waals surface area (Å²) in [6, 6.07) is 7.03.